The Morgan fingerprint density at radius 1 is 1.50 bits per heavy atom. The average molecular weight is 196 g/mol. The summed E-state index contributed by atoms with van der Waals surface area (Å²) in [4.78, 5) is 0. The SMILES string of the molecule is CC(C)C(CN)NCCn1cccn1. The largest absolute Gasteiger partial charge is 0.329 e. The minimum absolute atomic E-state index is 0.408. The van der Waals surface area contributed by atoms with Crippen molar-refractivity contribution in [2.45, 2.75) is 26.4 Å². The Hall–Kier alpha value is -0.870. The first-order chi connectivity index (χ1) is 6.74. The molecule has 14 heavy (non-hydrogen) atoms. The highest BCUT2D eigenvalue weighted by Crippen LogP contribution is 1.98. The second-order valence-electron chi connectivity index (χ2n) is 3.81. The molecular weight excluding hydrogens is 176 g/mol. The molecule has 0 saturated heterocycles. The quantitative estimate of drug-likeness (QED) is 0.695. The van der Waals surface area contributed by atoms with Crippen LogP contribution >= 0.6 is 0 Å². The summed E-state index contributed by atoms with van der Waals surface area (Å²) in [5.74, 6) is 0.581. The van der Waals surface area contributed by atoms with Gasteiger partial charge in [0.25, 0.3) is 0 Å². The highest BCUT2D eigenvalue weighted by atomic mass is 15.3. The molecule has 1 heterocycles. The van der Waals surface area contributed by atoms with E-state index in [4.69, 9.17) is 5.73 Å². The van der Waals surface area contributed by atoms with E-state index < -0.39 is 0 Å². The smallest absolute Gasteiger partial charge is 0.0534 e. The van der Waals surface area contributed by atoms with Gasteiger partial charge in [-0.1, -0.05) is 13.8 Å². The Kier molecular flexibility index (Phi) is 4.62. The van der Waals surface area contributed by atoms with E-state index in [0.29, 0.717) is 18.5 Å². The van der Waals surface area contributed by atoms with Gasteiger partial charge in [-0.2, -0.15) is 5.10 Å². The number of hydrogen-bond acceptors (Lipinski definition) is 3. The molecule has 4 heteroatoms. The summed E-state index contributed by atoms with van der Waals surface area (Å²) in [6.45, 7) is 6.87. The molecule has 4 nitrogen and oxygen atoms in total. The monoisotopic (exact) mass is 196 g/mol. The molecular formula is C10H20N4. The van der Waals surface area contributed by atoms with E-state index in [2.05, 4.69) is 24.3 Å². The summed E-state index contributed by atoms with van der Waals surface area (Å²) < 4.78 is 1.92. The molecule has 0 aliphatic heterocycles. The summed E-state index contributed by atoms with van der Waals surface area (Å²) >= 11 is 0. The van der Waals surface area contributed by atoms with Crippen LogP contribution in [0.3, 0.4) is 0 Å². The first kappa shape index (κ1) is 11.2. The molecule has 1 unspecified atom stereocenters. The van der Waals surface area contributed by atoms with E-state index in [1.807, 2.05) is 16.9 Å². The van der Waals surface area contributed by atoms with E-state index in [1.165, 1.54) is 0 Å². The van der Waals surface area contributed by atoms with Crippen LogP contribution < -0.4 is 11.1 Å². The minimum atomic E-state index is 0.408. The van der Waals surface area contributed by atoms with Gasteiger partial charge in [0.2, 0.25) is 0 Å². The maximum Gasteiger partial charge on any atom is 0.0534 e. The molecule has 0 radical (unpaired) electrons. The first-order valence-electron chi connectivity index (χ1n) is 5.15. The summed E-state index contributed by atoms with van der Waals surface area (Å²) in [5.41, 5.74) is 5.65. The molecule has 1 aromatic heterocycles. The lowest BCUT2D eigenvalue weighted by Crippen LogP contribution is -2.41. The molecule has 0 amide bonds. The highest BCUT2D eigenvalue weighted by Gasteiger charge is 2.09. The molecule has 0 fully saturated rings. The second kappa shape index (κ2) is 5.78. The molecule has 0 aliphatic carbocycles. The minimum Gasteiger partial charge on any atom is -0.329 e. The third-order valence-corrected chi connectivity index (χ3v) is 2.37. The van der Waals surface area contributed by atoms with Crippen LogP contribution in [0.5, 0.6) is 0 Å². The van der Waals surface area contributed by atoms with Gasteiger partial charge in [-0.3, -0.25) is 4.68 Å². The van der Waals surface area contributed by atoms with Crippen molar-refractivity contribution in [3.05, 3.63) is 18.5 Å². The number of aromatic nitrogens is 2. The van der Waals surface area contributed by atoms with Gasteiger partial charge >= 0.3 is 0 Å². The lowest BCUT2D eigenvalue weighted by atomic mass is 10.1. The maximum absolute atomic E-state index is 5.65. The number of nitrogens with two attached hydrogens (primary N) is 1. The van der Waals surface area contributed by atoms with Crippen molar-refractivity contribution in [1.29, 1.82) is 0 Å². The number of rotatable bonds is 6. The van der Waals surface area contributed by atoms with Crippen LogP contribution in [-0.4, -0.2) is 28.9 Å². The molecule has 0 bridgehead atoms. The number of nitrogens with zero attached hydrogens (tertiary/aromatic N) is 2. The Bertz CT molecular complexity index is 230. The van der Waals surface area contributed by atoms with Crippen molar-refractivity contribution in [1.82, 2.24) is 15.1 Å². The average Bonchev–Trinajstić information content (AvgIpc) is 2.64. The summed E-state index contributed by atoms with van der Waals surface area (Å²) in [6, 6.07) is 2.34. The van der Waals surface area contributed by atoms with E-state index in [1.54, 1.807) is 6.20 Å². The number of hydrogen-bond donors (Lipinski definition) is 2. The van der Waals surface area contributed by atoms with E-state index in [-0.39, 0.29) is 0 Å². The zero-order valence-corrected chi connectivity index (χ0v) is 8.98. The van der Waals surface area contributed by atoms with E-state index >= 15 is 0 Å². The topological polar surface area (TPSA) is 55.9 Å². The van der Waals surface area contributed by atoms with E-state index in [0.717, 1.165) is 13.1 Å². The summed E-state index contributed by atoms with van der Waals surface area (Å²) in [6.07, 6.45) is 3.76. The lowest BCUT2D eigenvalue weighted by molar-refractivity contribution is 0.392. The molecule has 1 atom stereocenters. The molecule has 1 rings (SSSR count). The fourth-order valence-electron chi connectivity index (χ4n) is 1.39. The third-order valence-electron chi connectivity index (χ3n) is 2.37. The Morgan fingerprint density at radius 2 is 2.29 bits per heavy atom. The van der Waals surface area contributed by atoms with Crippen LogP contribution in [0.2, 0.25) is 0 Å². The fraction of sp³-hybridized carbons (Fsp3) is 0.700. The van der Waals surface area contributed by atoms with Gasteiger partial charge in [0, 0.05) is 31.5 Å². The van der Waals surface area contributed by atoms with Crippen LogP contribution in [0.4, 0.5) is 0 Å². The van der Waals surface area contributed by atoms with Crippen LogP contribution in [0, 0.1) is 5.92 Å². The van der Waals surface area contributed by atoms with Gasteiger partial charge in [0.05, 0.1) is 6.54 Å². The lowest BCUT2D eigenvalue weighted by Gasteiger charge is -2.20. The third kappa shape index (κ3) is 3.47. The van der Waals surface area contributed by atoms with Crippen molar-refractivity contribution in [3.8, 4) is 0 Å². The van der Waals surface area contributed by atoms with Gasteiger partial charge < -0.3 is 11.1 Å². The fourth-order valence-corrected chi connectivity index (χ4v) is 1.39. The highest BCUT2D eigenvalue weighted by molar-refractivity contribution is 4.78. The van der Waals surface area contributed by atoms with Gasteiger partial charge in [0.1, 0.15) is 0 Å². The van der Waals surface area contributed by atoms with Crippen LogP contribution in [-0.2, 0) is 6.54 Å². The second-order valence-corrected chi connectivity index (χ2v) is 3.81. The Balaban J connectivity index is 2.20. The molecule has 0 spiro atoms. The van der Waals surface area contributed by atoms with Crippen molar-refractivity contribution >= 4 is 0 Å². The van der Waals surface area contributed by atoms with Crippen LogP contribution in [0.25, 0.3) is 0 Å². The zero-order valence-electron chi connectivity index (χ0n) is 8.98. The van der Waals surface area contributed by atoms with Gasteiger partial charge in [-0.05, 0) is 12.0 Å². The van der Waals surface area contributed by atoms with Crippen molar-refractivity contribution in [3.63, 3.8) is 0 Å². The molecule has 1 aromatic rings. The molecule has 0 aromatic carbocycles. The molecule has 80 valence electrons. The van der Waals surface area contributed by atoms with Crippen LogP contribution in [0.15, 0.2) is 18.5 Å². The number of nitrogens with one attached hydrogen (secondary N) is 1. The van der Waals surface area contributed by atoms with Gasteiger partial charge in [0.15, 0.2) is 0 Å². The molecule has 0 aliphatic rings. The Morgan fingerprint density at radius 3 is 2.79 bits per heavy atom. The standard InChI is InChI=1S/C10H20N4/c1-9(2)10(8-11)12-5-7-14-6-3-4-13-14/h3-4,6,9-10,12H,5,7-8,11H2,1-2H3. The van der Waals surface area contributed by atoms with Gasteiger partial charge in [-0.25, -0.2) is 0 Å². The first-order valence-corrected chi connectivity index (χ1v) is 5.15. The van der Waals surface area contributed by atoms with Crippen molar-refractivity contribution in [2.75, 3.05) is 13.1 Å². The molecule has 0 saturated carbocycles. The van der Waals surface area contributed by atoms with Crippen LogP contribution in [0.1, 0.15) is 13.8 Å². The normalized spacial score (nSPS) is 13.4. The Labute approximate surface area is 85.5 Å². The van der Waals surface area contributed by atoms with Crippen molar-refractivity contribution in [2.24, 2.45) is 11.7 Å². The predicted molar refractivity (Wildman–Crippen MR) is 57.9 cm³/mol. The predicted octanol–water partition coefficient (Wildman–Crippen LogP) is 0.456. The van der Waals surface area contributed by atoms with Gasteiger partial charge in [-0.15, -0.1) is 0 Å². The molecule has 3 N–H and O–H groups in total. The van der Waals surface area contributed by atoms with Crippen molar-refractivity contribution < 1.29 is 0 Å². The maximum atomic E-state index is 5.65. The van der Waals surface area contributed by atoms with E-state index in [9.17, 15) is 0 Å². The summed E-state index contributed by atoms with van der Waals surface area (Å²) in [5, 5.41) is 7.55. The zero-order chi connectivity index (χ0) is 10.4. The summed E-state index contributed by atoms with van der Waals surface area (Å²) in [7, 11) is 0.